The van der Waals surface area contributed by atoms with Crippen LogP contribution in [-0.4, -0.2) is 5.91 Å². The number of benzene rings is 1. The van der Waals surface area contributed by atoms with Gasteiger partial charge in [-0.05, 0) is 56.5 Å². The van der Waals surface area contributed by atoms with Gasteiger partial charge >= 0.3 is 5.63 Å². The fraction of sp³-hybridized carbons (Fsp3) is 0.250. The van der Waals surface area contributed by atoms with Crippen molar-refractivity contribution in [1.82, 2.24) is 0 Å². The van der Waals surface area contributed by atoms with E-state index in [9.17, 15) is 9.59 Å². The highest BCUT2D eigenvalue weighted by Gasteiger charge is 2.15. The van der Waals surface area contributed by atoms with Gasteiger partial charge in [0.1, 0.15) is 5.76 Å². The molecule has 0 unspecified atom stereocenters. The number of aryl methyl sites for hydroxylation is 4. The molecule has 4 heteroatoms. The van der Waals surface area contributed by atoms with Gasteiger partial charge in [0.05, 0.1) is 5.56 Å². The Morgan fingerprint density at radius 3 is 2.15 bits per heavy atom. The lowest BCUT2D eigenvalue weighted by Crippen LogP contribution is -2.17. The van der Waals surface area contributed by atoms with Crippen LogP contribution < -0.4 is 10.9 Å². The van der Waals surface area contributed by atoms with E-state index in [-0.39, 0.29) is 5.91 Å². The molecule has 0 spiro atoms. The van der Waals surface area contributed by atoms with Gasteiger partial charge < -0.3 is 9.73 Å². The minimum absolute atomic E-state index is 0.270. The summed E-state index contributed by atoms with van der Waals surface area (Å²) in [5.41, 5.74) is 3.46. The van der Waals surface area contributed by atoms with E-state index >= 15 is 0 Å². The SMILES string of the molecule is Cc1cc(C)cc(NC(=O)c2c(C)cc(=O)oc2C)c1. The minimum atomic E-state index is -0.442. The van der Waals surface area contributed by atoms with Crippen LogP contribution in [-0.2, 0) is 0 Å². The van der Waals surface area contributed by atoms with Crippen LogP contribution in [0.15, 0.2) is 33.5 Å². The third kappa shape index (κ3) is 2.96. The van der Waals surface area contributed by atoms with Gasteiger partial charge in [0, 0.05) is 11.8 Å². The van der Waals surface area contributed by atoms with Crippen molar-refractivity contribution < 1.29 is 9.21 Å². The normalized spacial score (nSPS) is 10.4. The molecule has 1 aromatic heterocycles. The van der Waals surface area contributed by atoms with Crippen LogP contribution in [0.2, 0.25) is 0 Å². The van der Waals surface area contributed by atoms with Crippen molar-refractivity contribution in [3.63, 3.8) is 0 Å². The standard InChI is InChI=1S/C16H17NO3/c1-9-5-10(2)7-13(6-9)17-16(19)15-11(3)8-14(18)20-12(15)4/h5-8H,1-4H3,(H,17,19). The molecule has 2 rings (SSSR count). The van der Waals surface area contributed by atoms with E-state index in [1.54, 1.807) is 13.8 Å². The number of anilines is 1. The lowest BCUT2D eigenvalue weighted by Gasteiger charge is -2.10. The van der Waals surface area contributed by atoms with Crippen LogP contribution >= 0.6 is 0 Å². The molecule has 1 N–H and O–H groups in total. The quantitative estimate of drug-likeness (QED) is 0.912. The summed E-state index contributed by atoms with van der Waals surface area (Å²) in [5.74, 6) is 0.0608. The zero-order chi connectivity index (χ0) is 14.9. The molecular formula is C16H17NO3. The van der Waals surface area contributed by atoms with Crippen molar-refractivity contribution in [3.8, 4) is 0 Å². The molecule has 104 valence electrons. The lowest BCUT2D eigenvalue weighted by molar-refractivity contribution is 0.102. The molecule has 0 radical (unpaired) electrons. The van der Waals surface area contributed by atoms with E-state index in [4.69, 9.17) is 4.42 Å². The monoisotopic (exact) mass is 271 g/mol. The molecule has 0 bridgehead atoms. The van der Waals surface area contributed by atoms with Crippen molar-refractivity contribution in [3.05, 3.63) is 62.7 Å². The first-order valence-electron chi connectivity index (χ1n) is 6.38. The van der Waals surface area contributed by atoms with Crippen molar-refractivity contribution in [2.45, 2.75) is 27.7 Å². The molecular weight excluding hydrogens is 254 g/mol. The van der Waals surface area contributed by atoms with Crippen molar-refractivity contribution in [1.29, 1.82) is 0 Å². The summed E-state index contributed by atoms with van der Waals surface area (Å²) in [6, 6.07) is 7.15. The number of carbonyl (C=O) groups excluding carboxylic acids is 1. The highest BCUT2D eigenvalue weighted by molar-refractivity contribution is 6.05. The summed E-state index contributed by atoms with van der Waals surface area (Å²) in [4.78, 5) is 23.6. The van der Waals surface area contributed by atoms with E-state index in [1.807, 2.05) is 32.0 Å². The molecule has 20 heavy (non-hydrogen) atoms. The Morgan fingerprint density at radius 2 is 1.60 bits per heavy atom. The summed E-state index contributed by atoms with van der Waals surface area (Å²) in [7, 11) is 0. The smallest absolute Gasteiger partial charge is 0.336 e. The molecule has 0 atom stereocenters. The second-order valence-electron chi connectivity index (χ2n) is 5.01. The number of nitrogens with one attached hydrogen (secondary N) is 1. The summed E-state index contributed by atoms with van der Waals surface area (Å²) >= 11 is 0. The molecule has 1 aromatic carbocycles. The first-order valence-corrected chi connectivity index (χ1v) is 6.38. The highest BCUT2D eigenvalue weighted by Crippen LogP contribution is 2.17. The third-order valence-corrected chi connectivity index (χ3v) is 3.04. The highest BCUT2D eigenvalue weighted by atomic mass is 16.4. The maximum atomic E-state index is 12.3. The Bertz CT molecular complexity index is 682. The fourth-order valence-electron chi connectivity index (χ4n) is 2.34. The molecule has 0 saturated heterocycles. The minimum Gasteiger partial charge on any atom is -0.427 e. The predicted molar refractivity (Wildman–Crippen MR) is 78.3 cm³/mol. The van der Waals surface area contributed by atoms with Gasteiger partial charge in [0.25, 0.3) is 5.91 Å². The van der Waals surface area contributed by atoms with Crippen LogP contribution in [0.5, 0.6) is 0 Å². The van der Waals surface area contributed by atoms with Crippen molar-refractivity contribution >= 4 is 11.6 Å². The van der Waals surface area contributed by atoms with Gasteiger partial charge in [-0.1, -0.05) is 6.07 Å². The molecule has 0 aliphatic heterocycles. The summed E-state index contributed by atoms with van der Waals surface area (Å²) < 4.78 is 4.98. The Balaban J connectivity index is 2.35. The van der Waals surface area contributed by atoms with Crippen molar-refractivity contribution in [2.75, 3.05) is 5.32 Å². The molecule has 0 fully saturated rings. The zero-order valence-electron chi connectivity index (χ0n) is 12.0. The summed E-state index contributed by atoms with van der Waals surface area (Å²) in [6.07, 6.45) is 0. The number of hydrogen-bond donors (Lipinski definition) is 1. The van der Waals surface area contributed by atoms with Gasteiger partial charge in [-0.3, -0.25) is 4.79 Å². The summed E-state index contributed by atoms with van der Waals surface area (Å²) in [6.45, 7) is 7.28. The molecule has 0 saturated carbocycles. The Labute approximate surface area is 117 Å². The third-order valence-electron chi connectivity index (χ3n) is 3.04. The average Bonchev–Trinajstić information content (AvgIpc) is 2.25. The van der Waals surface area contributed by atoms with Gasteiger partial charge in [0.15, 0.2) is 0 Å². The fourth-order valence-corrected chi connectivity index (χ4v) is 2.34. The van der Waals surface area contributed by atoms with Gasteiger partial charge in [0.2, 0.25) is 0 Å². The number of hydrogen-bond acceptors (Lipinski definition) is 3. The summed E-state index contributed by atoms with van der Waals surface area (Å²) in [5, 5.41) is 2.84. The maximum absolute atomic E-state index is 12.3. The first-order chi connectivity index (χ1) is 9.36. The van der Waals surface area contributed by atoms with Gasteiger partial charge in [-0.2, -0.15) is 0 Å². The Hall–Kier alpha value is -2.36. The second-order valence-corrected chi connectivity index (χ2v) is 5.01. The lowest BCUT2D eigenvalue weighted by atomic mass is 10.1. The van der Waals surface area contributed by atoms with Crippen LogP contribution in [0.4, 0.5) is 5.69 Å². The zero-order valence-corrected chi connectivity index (χ0v) is 12.0. The molecule has 1 amide bonds. The van der Waals surface area contributed by atoms with E-state index in [0.717, 1.165) is 16.8 Å². The maximum Gasteiger partial charge on any atom is 0.336 e. The van der Waals surface area contributed by atoms with E-state index < -0.39 is 5.63 Å². The van der Waals surface area contributed by atoms with Gasteiger partial charge in [-0.25, -0.2) is 4.79 Å². The molecule has 1 heterocycles. The van der Waals surface area contributed by atoms with E-state index in [2.05, 4.69) is 5.32 Å². The van der Waals surface area contributed by atoms with Gasteiger partial charge in [-0.15, -0.1) is 0 Å². The number of rotatable bonds is 2. The Morgan fingerprint density at radius 1 is 1.00 bits per heavy atom. The molecule has 4 nitrogen and oxygen atoms in total. The van der Waals surface area contributed by atoms with E-state index in [0.29, 0.717) is 16.9 Å². The average molecular weight is 271 g/mol. The van der Waals surface area contributed by atoms with Crippen molar-refractivity contribution in [2.24, 2.45) is 0 Å². The molecule has 2 aromatic rings. The van der Waals surface area contributed by atoms with Crippen LogP contribution in [0, 0.1) is 27.7 Å². The topological polar surface area (TPSA) is 59.3 Å². The van der Waals surface area contributed by atoms with Crippen LogP contribution in [0.25, 0.3) is 0 Å². The van der Waals surface area contributed by atoms with Crippen LogP contribution in [0.1, 0.15) is 32.8 Å². The Kier molecular flexibility index (Phi) is 3.74. The molecule has 0 aliphatic carbocycles. The number of amides is 1. The largest absolute Gasteiger partial charge is 0.427 e. The van der Waals surface area contributed by atoms with Crippen LogP contribution in [0.3, 0.4) is 0 Å². The molecule has 0 aliphatic rings. The second kappa shape index (κ2) is 5.33. The first kappa shape index (κ1) is 14.1. The number of carbonyl (C=O) groups is 1. The predicted octanol–water partition coefficient (Wildman–Crippen LogP) is 3.13. The van der Waals surface area contributed by atoms with E-state index in [1.165, 1.54) is 6.07 Å².